The van der Waals surface area contributed by atoms with Gasteiger partial charge in [-0.15, -0.1) is 0 Å². The van der Waals surface area contributed by atoms with E-state index in [9.17, 15) is 8.78 Å². The van der Waals surface area contributed by atoms with Crippen molar-refractivity contribution in [2.45, 2.75) is 5.92 Å². The predicted molar refractivity (Wildman–Crippen MR) is 49.2 cm³/mol. The van der Waals surface area contributed by atoms with Crippen LogP contribution in [0.2, 0.25) is 0 Å². The second-order valence-corrected chi connectivity index (χ2v) is 2.84. The number of aliphatic hydroxyl groups is 1. The molecule has 0 aliphatic heterocycles. The molecule has 0 spiro atoms. The van der Waals surface area contributed by atoms with Gasteiger partial charge in [0, 0.05) is 18.0 Å². The zero-order valence-corrected chi connectivity index (χ0v) is 7.37. The maximum absolute atomic E-state index is 12.6. The number of aromatic nitrogens is 1. The highest BCUT2D eigenvalue weighted by Gasteiger charge is 2.27. The standard InChI is InChI=1S/C8H11F2N3O/c9-8(10,5-14)4-13-6-1-2-12-7(11)3-6/h1-3,14H,4-5H2,(H3,11,12,13). The van der Waals surface area contributed by atoms with Gasteiger partial charge in [-0.2, -0.15) is 0 Å². The number of hydrogen-bond acceptors (Lipinski definition) is 4. The number of halogens is 2. The molecule has 0 saturated carbocycles. The molecular weight excluding hydrogens is 192 g/mol. The molecule has 0 aliphatic carbocycles. The van der Waals surface area contributed by atoms with Crippen molar-refractivity contribution in [2.24, 2.45) is 0 Å². The van der Waals surface area contributed by atoms with Gasteiger partial charge >= 0.3 is 0 Å². The lowest BCUT2D eigenvalue weighted by Gasteiger charge is -2.14. The van der Waals surface area contributed by atoms with Gasteiger partial charge < -0.3 is 16.2 Å². The van der Waals surface area contributed by atoms with Crippen molar-refractivity contribution in [3.63, 3.8) is 0 Å². The Morgan fingerprint density at radius 3 is 2.86 bits per heavy atom. The van der Waals surface area contributed by atoms with Crippen molar-refractivity contribution < 1.29 is 13.9 Å². The van der Waals surface area contributed by atoms with E-state index in [4.69, 9.17) is 10.8 Å². The molecule has 0 saturated heterocycles. The Morgan fingerprint density at radius 1 is 1.57 bits per heavy atom. The van der Waals surface area contributed by atoms with E-state index in [0.717, 1.165) is 0 Å². The Balaban J connectivity index is 2.54. The quantitative estimate of drug-likeness (QED) is 0.673. The molecule has 0 amide bonds. The largest absolute Gasteiger partial charge is 0.390 e. The first-order valence-corrected chi connectivity index (χ1v) is 3.97. The fourth-order valence-electron chi connectivity index (χ4n) is 0.846. The Hall–Kier alpha value is -1.43. The average Bonchev–Trinajstić information content (AvgIpc) is 2.15. The fourth-order valence-corrected chi connectivity index (χ4v) is 0.846. The summed E-state index contributed by atoms with van der Waals surface area (Å²) in [6.45, 7) is -1.81. The number of nitrogens with one attached hydrogen (secondary N) is 1. The van der Waals surface area contributed by atoms with Gasteiger partial charge in [-0.3, -0.25) is 0 Å². The van der Waals surface area contributed by atoms with Crippen molar-refractivity contribution in [1.82, 2.24) is 4.98 Å². The van der Waals surface area contributed by atoms with Crippen LogP contribution in [0.3, 0.4) is 0 Å². The van der Waals surface area contributed by atoms with Crippen LogP contribution < -0.4 is 11.1 Å². The molecule has 0 fully saturated rings. The number of pyridine rings is 1. The van der Waals surface area contributed by atoms with Gasteiger partial charge in [0.15, 0.2) is 0 Å². The number of rotatable bonds is 4. The number of anilines is 2. The number of alkyl halides is 2. The zero-order chi connectivity index (χ0) is 10.6. The van der Waals surface area contributed by atoms with Crippen LogP contribution in [-0.4, -0.2) is 29.2 Å². The molecule has 4 N–H and O–H groups in total. The molecule has 0 atom stereocenters. The van der Waals surface area contributed by atoms with Crippen LogP contribution in [0.15, 0.2) is 18.3 Å². The van der Waals surface area contributed by atoms with Crippen LogP contribution >= 0.6 is 0 Å². The maximum atomic E-state index is 12.6. The molecule has 4 nitrogen and oxygen atoms in total. The molecule has 0 aromatic carbocycles. The monoisotopic (exact) mass is 203 g/mol. The summed E-state index contributed by atoms with van der Waals surface area (Å²) in [5.74, 6) is -2.87. The molecule has 6 heteroatoms. The van der Waals surface area contributed by atoms with Crippen LogP contribution in [-0.2, 0) is 0 Å². The smallest absolute Gasteiger partial charge is 0.287 e. The van der Waals surface area contributed by atoms with E-state index < -0.39 is 19.1 Å². The van der Waals surface area contributed by atoms with Crippen molar-refractivity contribution >= 4 is 11.5 Å². The average molecular weight is 203 g/mol. The Bertz CT molecular complexity index is 306. The van der Waals surface area contributed by atoms with Gasteiger partial charge in [0.25, 0.3) is 5.92 Å². The molecular formula is C8H11F2N3O. The lowest BCUT2D eigenvalue weighted by Crippen LogP contribution is -2.31. The summed E-state index contributed by atoms with van der Waals surface area (Å²) in [5, 5.41) is 10.7. The highest BCUT2D eigenvalue weighted by atomic mass is 19.3. The summed E-state index contributed by atoms with van der Waals surface area (Å²) in [6, 6.07) is 2.96. The van der Waals surface area contributed by atoms with E-state index >= 15 is 0 Å². The van der Waals surface area contributed by atoms with Crippen LogP contribution in [0.1, 0.15) is 0 Å². The third-order valence-corrected chi connectivity index (χ3v) is 1.56. The molecule has 0 unspecified atom stereocenters. The van der Waals surface area contributed by atoms with Gasteiger partial charge in [0.05, 0.1) is 6.54 Å². The number of nitrogens with zero attached hydrogens (tertiary/aromatic N) is 1. The second-order valence-electron chi connectivity index (χ2n) is 2.84. The minimum Gasteiger partial charge on any atom is -0.390 e. The van der Waals surface area contributed by atoms with Gasteiger partial charge in [-0.1, -0.05) is 0 Å². The molecule has 1 aromatic rings. The number of hydrogen-bond donors (Lipinski definition) is 3. The summed E-state index contributed by atoms with van der Waals surface area (Å²) in [4.78, 5) is 3.71. The topological polar surface area (TPSA) is 71.2 Å². The van der Waals surface area contributed by atoms with Crippen molar-refractivity contribution in [3.8, 4) is 0 Å². The normalized spacial score (nSPS) is 11.4. The van der Waals surface area contributed by atoms with Gasteiger partial charge in [0.1, 0.15) is 12.4 Å². The van der Waals surface area contributed by atoms with Crippen molar-refractivity contribution in [2.75, 3.05) is 24.2 Å². The first-order chi connectivity index (χ1) is 6.53. The summed E-state index contributed by atoms with van der Waals surface area (Å²) >= 11 is 0. The number of nitrogen functional groups attached to an aromatic ring is 1. The van der Waals surface area contributed by atoms with E-state index in [-0.39, 0.29) is 5.82 Å². The zero-order valence-electron chi connectivity index (χ0n) is 7.37. The molecule has 1 heterocycles. The van der Waals surface area contributed by atoms with Gasteiger partial charge in [0.2, 0.25) is 0 Å². The predicted octanol–water partition coefficient (Wildman–Crippen LogP) is 0.703. The third-order valence-electron chi connectivity index (χ3n) is 1.56. The van der Waals surface area contributed by atoms with E-state index in [1.807, 2.05) is 0 Å². The number of aliphatic hydroxyl groups excluding tert-OH is 1. The first-order valence-electron chi connectivity index (χ1n) is 3.97. The molecule has 14 heavy (non-hydrogen) atoms. The number of nitrogens with two attached hydrogens (primary N) is 1. The Kier molecular flexibility index (Phi) is 3.19. The van der Waals surface area contributed by atoms with Crippen molar-refractivity contribution in [3.05, 3.63) is 18.3 Å². The summed E-state index contributed by atoms with van der Waals surface area (Å²) in [7, 11) is 0. The van der Waals surface area contributed by atoms with E-state index in [2.05, 4.69) is 10.3 Å². The van der Waals surface area contributed by atoms with Gasteiger partial charge in [-0.25, -0.2) is 13.8 Å². The molecule has 0 bridgehead atoms. The van der Waals surface area contributed by atoms with Crippen LogP contribution in [0.4, 0.5) is 20.3 Å². The molecule has 1 rings (SSSR count). The lowest BCUT2D eigenvalue weighted by atomic mass is 10.3. The molecule has 1 aromatic heterocycles. The Morgan fingerprint density at radius 2 is 2.29 bits per heavy atom. The maximum Gasteiger partial charge on any atom is 0.287 e. The minimum atomic E-state index is -3.13. The SMILES string of the molecule is Nc1cc(NCC(F)(F)CO)ccn1. The fraction of sp³-hybridized carbons (Fsp3) is 0.375. The van der Waals surface area contributed by atoms with Gasteiger partial charge in [-0.05, 0) is 6.07 Å². The van der Waals surface area contributed by atoms with Crippen LogP contribution in [0, 0.1) is 0 Å². The highest BCUT2D eigenvalue weighted by Crippen LogP contribution is 2.15. The summed E-state index contributed by atoms with van der Waals surface area (Å²) in [5.41, 5.74) is 5.79. The molecule has 78 valence electrons. The molecule has 0 radical (unpaired) electrons. The summed E-state index contributed by atoms with van der Waals surface area (Å²) in [6.07, 6.45) is 1.41. The third kappa shape index (κ3) is 3.14. The molecule has 0 aliphatic rings. The van der Waals surface area contributed by atoms with E-state index in [0.29, 0.717) is 5.69 Å². The van der Waals surface area contributed by atoms with E-state index in [1.165, 1.54) is 18.3 Å². The summed E-state index contributed by atoms with van der Waals surface area (Å²) < 4.78 is 25.2. The first kappa shape index (κ1) is 10.6. The van der Waals surface area contributed by atoms with Crippen LogP contribution in [0.5, 0.6) is 0 Å². The Labute approximate surface area is 79.8 Å². The van der Waals surface area contributed by atoms with Crippen LogP contribution in [0.25, 0.3) is 0 Å². The lowest BCUT2D eigenvalue weighted by molar-refractivity contribution is -0.0372. The van der Waals surface area contributed by atoms with Crippen molar-refractivity contribution in [1.29, 1.82) is 0 Å². The van der Waals surface area contributed by atoms with E-state index in [1.54, 1.807) is 0 Å². The minimum absolute atomic E-state index is 0.252. The highest BCUT2D eigenvalue weighted by molar-refractivity contribution is 5.49. The second kappa shape index (κ2) is 4.19.